The molecule has 0 aliphatic heterocycles. The van der Waals surface area contributed by atoms with Crippen LogP contribution in [0.15, 0.2) is 0 Å². The Morgan fingerprint density at radius 2 is 2.00 bits per heavy atom. The van der Waals surface area contributed by atoms with Gasteiger partial charge in [0.25, 0.3) is 0 Å². The van der Waals surface area contributed by atoms with Gasteiger partial charge >= 0.3 is 52.6 Å². The van der Waals surface area contributed by atoms with Gasteiger partial charge in [0.05, 0.1) is 0 Å². The summed E-state index contributed by atoms with van der Waals surface area (Å²) in [6.45, 7) is 2.02. The summed E-state index contributed by atoms with van der Waals surface area (Å²) in [6, 6.07) is 0. The Kier molecular flexibility index (Phi) is 13.7. The predicted molar refractivity (Wildman–Crippen MR) is 34.9 cm³/mol. The second-order valence-electron chi connectivity index (χ2n) is 1.74. The zero-order valence-corrected chi connectivity index (χ0v) is 8.37. The summed E-state index contributed by atoms with van der Waals surface area (Å²) in [4.78, 5) is 17.0. The molecule has 0 aromatic heterocycles. The topological polar surface area (TPSA) is 72.4 Å². The van der Waals surface area contributed by atoms with Gasteiger partial charge in [-0.25, -0.2) is 0 Å². The van der Waals surface area contributed by atoms with Gasteiger partial charge in [-0.3, -0.25) is 0 Å². The number of methoxy groups -OCH3 is 1. The number of hydrogen-bond donors (Lipinski definition) is 0. The first-order valence-corrected chi connectivity index (χ1v) is 4.85. The van der Waals surface area contributed by atoms with E-state index in [0.29, 0.717) is 6.10 Å². The van der Waals surface area contributed by atoms with E-state index in [0.717, 1.165) is 11.7 Å². The van der Waals surface area contributed by atoms with Crippen molar-refractivity contribution in [3.63, 3.8) is 0 Å². The van der Waals surface area contributed by atoms with Crippen molar-refractivity contribution in [1.29, 1.82) is 0 Å². The van der Waals surface area contributed by atoms with Gasteiger partial charge in [-0.05, 0) is 0 Å². The van der Waals surface area contributed by atoms with Crippen LogP contribution in [0, 0.1) is 0 Å². The molecule has 0 N–H and O–H groups in total. The van der Waals surface area contributed by atoms with Crippen LogP contribution in [0.5, 0.6) is 0 Å². The van der Waals surface area contributed by atoms with Crippen LogP contribution in [0.25, 0.3) is 0 Å². The monoisotopic (exact) mass is 230 g/mol. The summed E-state index contributed by atoms with van der Waals surface area (Å²) in [6.07, 6.45) is 1.32. The first-order valence-electron chi connectivity index (χ1n) is 2.96. The van der Waals surface area contributed by atoms with Crippen molar-refractivity contribution in [1.82, 2.24) is 0 Å². The molecule has 4 nitrogen and oxygen atoms in total. The fourth-order valence-corrected chi connectivity index (χ4v) is 0.623. The van der Waals surface area contributed by atoms with E-state index >= 15 is 0 Å². The van der Waals surface area contributed by atoms with Gasteiger partial charge in [-0.1, -0.05) is 8.25 Å². The van der Waals surface area contributed by atoms with Crippen molar-refractivity contribution in [3.05, 3.63) is 0 Å². The van der Waals surface area contributed by atoms with Crippen molar-refractivity contribution in [3.8, 4) is 0 Å². The molecule has 0 radical (unpaired) electrons. The third-order valence-electron chi connectivity index (χ3n) is 0.896. The fraction of sp³-hybridized carbons (Fsp3) is 1.00. The van der Waals surface area contributed by atoms with Crippen molar-refractivity contribution in [2.75, 3.05) is 7.11 Å². The quantitative estimate of drug-likeness (QED) is 0.483. The van der Waals surface area contributed by atoms with Crippen LogP contribution < -0.4 is 9.79 Å². The third kappa shape index (κ3) is 25.0. The maximum Gasteiger partial charge on any atom is -0.0813 e. The maximum atomic E-state index is 8.52. The van der Waals surface area contributed by atoms with Gasteiger partial charge < -0.3 is 14.4 Å². The number of ether oxygens (including phenoxy) is 1. The molecule has 0 fully saturated rings. The molecule has 0 aromatic carbocycles. The van der Waals surface area contributed by atoms with Gasteiger partial charge in [-0.15, -0.1) is 0 Å². The molecule has 0 amide bonds. The molecule has 72 valence electrons. The van der Waals surface area contributed by atoms with Crippen molar-refractivity contribution >= 4 is 8.25 Å². The van der Waals surface area contributed by atoms with E-state index in [4.69, 9.17) is 35.1 Å². The number of hydrogen-bond acceptors (Lipinski definition) is 4. The molecule has 0 heterocycles. The van der Waals surface area contributed by atoms with Crippen molar-refractivity contribution in [2.45, 2.75) is 24.8 Å². The van der Waals surface area contributed by atoms with Crippen LogP contribution in [-0.4, -0.2) is 13.2 Å². The molecule has 0 spiro atoms. The Labute approximate surface area is 75.7 Å². The average Bonchev–Trinajstić information content (AvgIpc) is 1.87. The van der Waals surface area contributed by atoms with E-state index in [1.807, 2.05) is 6.92 Å². The van der Waals surface area contributed by atoms with Gasteiger partial charge in [0.15, 0.2) is 0 Å². The van der Waals surface area contributed by atoms with Crippen LogP contribution >= 0.6 is 8.25 Å². The summed E-state index contributed by atoms with van der Waals surface area (Å²) in [5.74, 6) is 0. The molecule has 0 aliphatic rings. The van der Waals surface area contributed by atoms with E-state index < -0.39 is 8.25 Å². The Bertz CT molecular complexity index is 96.5. The van der Waals surface area contributed by atoms with Crippen molar-refractivity contribution < 1.29 is 35.1 Å². The molecule has 0 saturated heterocycles. The first kappa shape index (κ1) is 14.2. The zero-order chi connectivity index (χ0) is 9.28. The second-order valence-corrected chi connectivity index (χ2v) is 2.71. The minimum atomic E-state index is -3.63. The Hall–Kier alpha value is 0.629. The first-order chi connectivity index (χ1) is 5.04. The molecule has 11 heavy (non-hydrogen) atoms. The van der Waals surface area contributed by atoms with Gasteiger partial charge in [0.1, 0.15) is 0 Å². The van der Waals surface area contributed by atoms with E-state index in [9.17, 15) is 0 Å². The summed E-state index contributed by atoms with van der Waals surface area (Å²) < 4.78 is 13.4. The third-order valence-corrected chi connectivity index (χ3v) is 1.17. The fourth-order valence-electron chi connectivity index (χ4n) is 0.240. The molecule has 0 aliphatic carbocycles. The SMILES string of the molecule is COC(C)C[CH2][Cu+2].O=[PH]([O-])[O-]. The predicted octanol–water partition coefficient (Wildman–Crippen LogP) is -0.527. The van der Waals surface area contributed by atoms with Crippen LogP contribution in [-0.2, 0) is 25.3 Å². The normalized spacial score (nSPS) is 12.3. The minimum Gasteiger partial charge on any atom is -0.813 e. The van der Waals surface area contributed by atoms with Crippen LogP contribution in [0.4, 0.5) is 0 Å². The van der Waals surface area contributed by atoms with Gasteiger partial charge in [-0.2, -0.15) is 0 Å². The van der Waals surface area contributed by atoms with Gasteiger partial charge in [0, 0.05) is 0 Å². The smallest absolute Gasteiger partial charge is 0.0813 e. The largest absolute Gasteiger partial charge is 0.813 e. The minimum absolute atomic E-state index is 0.340. The van der Waals surface area contributed by atoms with E-state index in [2.05, 4.69) is 0 Å². The Balaban J connectivity index is 0. The molecular weight excluding hydrogens is 219 g/mol. The Morgan fingerprint density at radius 3 is 2.09 bits per heavy atom. The molecule has 0 bridgehead atoms. The molecule has 1 atom stereocenters. The molecule has 6 heteroatoms. The Morgan fingerprint density at radius 1 is 1.64 bits per heavy atom. The molecule has 0 rings (SSSR count). The van der Waals surface area contributed by atoms with E-state index in [-0.39, 0.29) is 0 Å². The zero-order valence-electron chi connectivity index (χ0n) is 6.43. The van der Waals surface area contributed by atoms with Crippen LogP contribution in [0.3, 0.4) is 0 Å². The van der Waals surface area contributed by atoms with Crippen LogP contribution in [0.2, 0.25) is 5.32 Å². The summed E-state index contributed by atoms with van der Waals surface area (Å²) in [5.41, 5.74) is 0. The second kappa shape index (κ2) is 10.6. The molecule has 0 saturated carbocycles. The molecule has 0 aromatic rings. The van der Waals surface area contributed by atoms with Gasteiger partial charge in [0.2, 0.25) is 0 Å². The molecule has 1 unspecified atom stereocenters. The summed E-state index contributed by atoms with van der Waals surface area (Å²) >= 11 is 4.84. The standard InChI is InChI=1S/C5H11O.Cu.H3O3P/c1-4-5(2)6-3;;1-4(2)3/h5H,1,4H2,2-3H3;;4H,(H2,1,2,3)/q;+2;/p-2. The summed E-state index contributed by atoms with van der Waals surface area (Å²) in [7, 11) is -1.93. The average molecular weight is 231 g/mol. The van der Waals surface area contributed by atoms with Crippen LogP contribution in [0.1, 0.15) is 13.3 Å². The number of rotatable bonds is 3. The van der Waals surface area contributed by atoms with E-state index in [1.54, 1.807) is 7.11 Å². The summed E-state index contributed by atoms with van der Waals surface area (Å²) in [5, 5.41) is 0.780. The maximum absolute atomic E-state index is 8.52. The van der Waals surface area contributed by atoms with E-state index in [1.165, 1.54) is 0 Å². The molecular formula is C5H12CuO4P. The van der Waals surface area contributed by atoms with Crippen molar-refractivity contribution in [2.24, 2.45) is 0 Å².